The molecule has 2 aromatic heterocycles. The number of aryl methyl sites for hydroxylation is 1. The number of rotatable bonds is 3. The van der Waals surface area contributed by atoms with Crippen molar-refractivity contribution in [3.05, 3.63) is 18.0 Å². The Morgan fingerprint density at radius 2 is 2.30 bits per heavy atom. The van der Waals surface area contributed by atoms with Gasteiger partial charge in [-0.2, -0.15) is 10.2 Å². The standard InChI is InChI=1S/C13H16N4O3/c1-8(2)17-7-9(6-14-17)11-10(13(18)19)12-16(15-11)4-3-5-20-12/h6-8H,3-5H2,1-2H3,(H,18,19). The van der Waals surface area contributed by atoms with Crippen LogP contribution in [-0.4, -0.2) is 37.2 Å². The molecule has 7 heteroatoms. The maximum atomic E-state index is 11.5. The molecule has 0 atom stereocenters. The van der Waals surface area contributed by atoms with Gasteiger partial charge in [0.15, 0.2) is 0 Å². The normalized spacial score (nSPS) is 14.2. The zero-order valence-electron chi connectivity index (χ0n) is 11.4. The maximum Gasteiger partial charge on any atom is 0.343 e. The lowest BCUT2D eigenvalue weighted by molar-refractivity contribution is 0.0690. The molecule has 0 unspecified atom stereocenters. The Balaban J connectivity index is 2.12. The molecule has 2 aromatic rings. The van der Waals surface area contributed by atoms with Crippen LogP contribution in [0.1, 0.15) is 36.7 Å². The minimum Gasteiger partial charge on any atom is -0.477 e. The summed E-state index contributed by atoms with van der Waals surface area (Å²) in [5.41, 5.74) is 1.23. The number of carbonyl (C=O) groups is 1. The molecule has 0 bridgehead atoms. The monoisotopic (exact) mass is 276 g/mol. The number of carboxylic acids is 1. The summed E-state index contributed by atoms with van der Waals surface area (Å²) >= 11 is 0. The van der Waals surface area contributed by atoms with Crippen LogP contribution in [0.25, 0.3) is 11.3 Å². The molecule has 7 nitrogen and oxygen atoms in total. The molecule has 3 rings (SSSR count). The third-order valence-electron chi connectivity index (χ3n) is 3.28. The average Bonchev–Trinajstić information content (AvgIpc) is 3.02. The van der Waals surface area contributed by atoms with E-state index in [4.69, 9.17) is 4.74 Å². The Bertz CT molecular complexity index is 657. The largest absolute Gasteiger partial charge is 0.477 e. The van der Waals surface area contributed by atoms with Gasteiger partial charge < -0.3 is 9.84 Å². The third-order valence-corrected chi connectivity index (χ3v) is 3.28. The molecular formula is C13H16N4O3. The van der Waals surface area contributed by atoms with Gasteiger partial charge in [0.25, 0.3) is 0 Å². The van der Waals surface area contributed by atoms with Crippen LogP contribution in [0.3, 0.4) is 0 Å². The highest BCUT2D eigenvalue weighted by Gasteiger charge is 2.28. The highest BCUT2D eigenvalue weighted by atomic mass is 16.5. The zero-order valence-corrected chi connectivity index (χ0v) is 11.4. The van der Waals surface area contributed by atoms with E-state index >= 15 is 0 Å². The summed E-state index contributed by atoms with van der Waals surface area (Å²) < 4.78 is 8.86. The predicted octanol–water partition coefficient (Wildman–Crippen LogP) is 1.81. The van der Waals surface area contributed by atoms with Gasteiger partial charge in [-0.25, -0.2) is 9.48 Å². The summed E-state index contributed by atoms with van der Waals surface area (Å²) in [5.74, 6) is -0.684. The number of aromatic carboxylic acids is 1. The van der Waals surface area contributed by atoms with Gasteiger partial charge in [-0.15, -0.1) is 0 Å². The van der Waals surface area contributed by atoms with Crippen molar-refractivity contribution in [1.29, 1.82) is 0 Å². The van der Waals surface area contributed by atoms with E-state index in [0.29, 0.717) is 30.3 Å². The molecule has 0 radical (unpaired) electrons. The van der Waals surface area contributed by atoms with E-state index in [1.54, 1.807) is 15.6 Å². The number of hydrogen-bond donors (Lipinski definition) is 1. The van der Waals surface area contributed by atoms with Gasteiger partial charge in [0.05, 0.1) is 12.8 Å². The van der Waals surface area contributed by atoms with E-state index in [1.807, 2.05) is 20.0 Å². The first-order valence-corrected chi connectivity index (χ1v) is 6.59. The zero-order chi connectivity index (χ0) is 14.3. The van der Waals surface area contributed by atoms with E-state index in [1.165, 1.54) is 0 Å². The van der Waals surface area contributed by atoms with Crippen LogP contribution >= 0.6 is 0 Å². The molecule has 1 N–H and O–H groups in total. The van der Waals surface area contributed by atoms with Crippen LogP contribution < -0.4 is 4.74 Å². The van der Waals surface area contributed by atoms with Crippen molar-refractivity contribution in [1.82, 2.24) is 19.6 Å². The number of ether oxygens (including phenoxy) is 1. The summed E-state index contributed by atoms with van der Waals surface area (Å²) in [6.45, 7) is 5.22. The molecule has 3 heterocycles. The smallest absolute Gasteiger partial charge is 0.343 e. The third kappa shape index (κ3) is 1.95. The van der Waals surface area contributed by atoms with E-state index in [0.717, 1.165) is 6.42 Å². The molecular weight excluding hydrogens is 260 g/mol. The van der Waals surface area contributed by atoms with Crippen LogP contribution in [0.4, 0.5) is 0 Å². The fraction of sp³-hybridized carbons (Fsp3) is 0.462. The van der Waals surface area contributed by atoms with Gasteiger partial charge in [-0.05, 0) is 13.8 Å². The second-order valence-corrected chi connectivity index (χ2v) is 5.06. The Morgan fingerprint density at radius 3 is 2.95 bits per heavy atom. The Kier molecular flexibility index (Phi) is 2.96. The minimum absolute atomic E-state index is 0.119. The molecule has 0 spiro atoms. The molecule has 0 saturated heterocycles. The van der Waals surface area contributed by atoms with Crippen LogP contribution in [0.2, 0.25) is 0 Å². The lowest BCUT2D eigenvalue weighted by atomic mass is 10.1. The lowest BCUT2D eigenvalue weighted by Crippen LogP contribution is -2.16. The summed E-state index contributed by atoms with van der Waals surface area (Å²) in [5, 5.41) is 18.0. The van der Waals surface area contributed by atoms with Gasteiger partial charge in [-0.3, -0.25) is 4.68 Å². The molecule has 20 heavy (non-hydrogen) atoms. The lowest BCUT2D eigenvalue weighted by Gasteiger charge is -2.14. The molecule has 0 aromatic carbocycles. The molecule has 106 valence electrons. The van der Waals surface area contributed by atoms with Crippen LogP contribution in [0, 0.1) is 0 Å². The van der Waals surface area contributed by atoms with Gasteiger partial charge in [0.1, 0.15) is 11.3 Å². The van der Waals surface area contributed by atoms with Gasteiger partial charge in [-0.1, -0.05) is 0 Å². The number of nitrogens with zero attached hydrogens (tertiary/aromatic N) is 4. The average molecular weight is 276 g/mol. The number of carboxylic acid groups (broad SMARTS) is 1. The predicted molar refractivity (Wildman–Crippen MR) is 70.9 cm³/mol. The SMILES string of the molecule is CC(C)n1cc(-c2nn3c(c2C(=O)O)OCCC3)cn1. The van der Waals surface area contributed by atoms with Crippen molar-refractivity contribution < 1.29 is 14.6 Å². The summed E-state index contributed by atoms with van der Waals surface area (Å²) in [6, 6.07) is 0.213. The van der Waals surface area contributed by atoms with Crippen molar-refractivity contribution in [2.24, 2.45) is 0 Å². The van der Waals surface area contributed by atoms with Crippen molar-refractivity contribution in [3.8, 4) is 17.1 Å². The fourth-order valence-corrected chi connectivity index (χ4v) is 2.27. The summed E-state index contributed by atoms with van der Waals surface area (Å²) in [7, 11) is 0. The fourth-order valence-electron chi connectivity index (χ4n) is 2.27. The first kappa shape index (κ1) is 12.7. The summed E-state index contributed by atoms with van der Waals surface area (Å²) in [4.78, 5) is 11.5. The first-order chi connectivity index (χ1) is 9.58. The van der Waals surface area contributed by atoms with E-state index in [-0.39, 0.29) is 11.6 Å². The Hall–Kier alpha value is -2.31. The van der Waals surface area contributed by atoms with E-state index < -0.39 is 5.97 Å². The van der Waals surface area contributed by atoms with Crippen LogP contribution in [-0.2, 0) is 6.54 Å². The molecule has 0 aliphatic carbocycles. The van der Waals surface area contributed by atoms with E-state index in [2.05, 4.69) is 10.2 Å². The topological polar surface area (TPSA) is 82.2 Å². The highest BCUT2D eigenvalue weighted by molar-refractivity contribution is 5.97. The number of hydrogen-bond acceptors (Lipinski definition) is 4. The quantitative estimate of drug-likeness (QED) is 0.924. The highest BCUT2D eigenvalue weighted by Crippen LogP contribution is 2.32. The molecule has 0 fully saturated rings. The Morgan fingerprint density at radius 1 is 1.50 bits per heavy atom. The van der Waals surface area contributed by atoms with Gasteiger partial charge in [0, 0.05) is 30.8 Å². The first-order valence-electron chi connectivity index (χ1n) is 6.59. The van der Waals surface area contributed by atoms with Crippen molar-refractivity contribution in [2.75, 3.05) is 6.61 Å². The second-order valence-electron chi connectivity index (χ2n) is 5.06. The van der Waals surface area contributed by atoms with Gasteiger partial charge >= 0.3 is 5.97 Å². The molecule has 0 saturated carbocycles. The molecule has 1 aliphatic rings. The van der Waals surface area contributed by atoms with Crippen LogP contribution in [0.15, 0.2) is 12.4 Å². The number of fused-ring (bicyclic) bond motifs is 1. The maximum absolute atomic E-state index is 11.5. The van der Waals surface area contributed by atoms with Crippen molar-refractivity contribution in [2.45, 2.75) is 32.9 Å². The molecule has 1 aliphatic heterocycles. The van der Waals surface area contributed by atoms with Crippen molar-refractivity contribution in [3.63, 3.8) is 0 Å². The summed E-state index contributed by atoms with van der Waals surface area (Å²) in [6.07, 6.45) is 4.28. The number of aromatic nitrogens is 4. The Labute approximate surface area is 115 Å². The van der Waals surface area contributed by atoms with Crippen molar-refractivity contribution >= 4 is 5.97 Å². The second kappa shape index (κ2) is 4.66. The van der Waals surface area contributed by atoms with E-state index in [9.17, 15) is 9.90 Å². The van der Waals surface area contributed by atoms with Gasteiger partial charge in [0.2, 0.25) is 5.88 Å². The minimum atomic E-state index is -1.03. The molecule has 0 amide bonds. The van der Waals surface area contributed by atoms with Crippen LogP contribution in [0.5, 0.6) is 5.88 Å².